The average molecular weight is 390 g/mol. The van der Waals surface area contributed by atoms with Crippen LogP contribution in [0.4, 0.5) is 0 Å². The van der Waals surface area contributed by atoms with Gasteiger partial charge in [-0.05, 0) is 24.0 Å². The van der Waals surface area contributed by atoms with Gasteiger partial charge in [0, 0.05) is 44.3 Å². The smallest absolute Gasteiger partial charge is 0.229 e. The van der Waals surface area contributed by atoms with Crippen molar-refractivity contribution in [3.63, 3.8) is 0 Å². The highest BCUT2D eigenvalue weighted by atomic mass is 16.2. The van der Waals surface area contributed by atoms with Crippen LogP contribution in [0.25, 0.3) is 0 Å². The number of hydrogen-bond acceptors (Lipinski definition) is 3. The predicted octanol–water partition coefficient (Wildman–Crippen LogP) is 3.35. The summed E-state index contributed by atoms with van der Waals surface area (Å²) in [6.07, 6.45) is 2.41. The van der Waals surface area contributed by atoms with Crippen molar-refractivity contribution >= 4 is 17.7 Å². The number of nitrogens with zero attached hydrogens (tertiary/aromatic N) is 2. The van der Waals surface area contributed by atoms with E-state index in [-0.39, 0.29) is 29.7 Å². The summed E-state index contributed by atoms with van der Waals surface area (Å²) in [7, 11) is 0. The standard InChI is InChI=1S/C24H26N2O3/c27-22-11-12-23(28)26(22)20-13-15-25(16-14-20)24(29)17-21(18-7-3-1-4-8-18)19-9-5-2-6-10-19/h1-10,20-21H,11-17H2. The maximum absolute atomic E-state index is 13.1. The molecular formula is C24H26N2O3. The van der Waals surface area contributed by atoms with Crippen LogP contribution >= 0.6 is 0 Å². The SMILES string of the molecule is O=C(CC(c1ccccc1)c1ccccc1)N1CCC(N2C(=O)CCC2=O)CC1. The van der Waals surface area contributed by atoms with Crippen LogP contribution in [0.3, 0.4) is 0 Å². The highest BCUT2D eigenvalue weighted by Gasteiger charge is 2.37. The number of hydrogen-bond donors (Lipinski definition) is 0. The molecule has 0 aliphatic carbocycles. The van der Waals surface area contributed by atoms with Crippen molar-refractivity contribution in [1.82, 2.24) is 9.80 Å². The van der Waals surface area contributed by atoms with Crippen LogP contribution in [0, 0.1) is 0 Å². The van der Waals surface area contributed by atoms with Gasteiger partial charge in [-0.3, -0.25) is 19.3 Å². The molecule has 0 N–H and O–H groups in total. The van der Waals surface area contributed by atoms with Crippen molar-refractivity contribution < 1.29 is 14.4 Å². The lowest BCUT2D eigenvalue weighted by Crippen LogP contribution is -2.48. The first kappa shape index (κ1) is 19.4. The second kappa shape index (κ2) is 8.60. The molecule has 150 valence electrons. The highest BCUT2D eigenvalue weighted by Crippen LogP contribution is 2.30. The van der Waals surface area contributed by atoms with Gasteiger partial charge in [0.1, 0.15) is 0 Å². The van der Waals surface area contributed by atoms with Crippen molar-refractivity contribution in [3.8, 4) is 0 Å². The van der Waals surface area contributed by atoms with Crippen LogP contribution in [-0.4, -0.2) is 46.7 Å². The third-order valence-electron chi connectivity index (χ3n) is 6.06. The first-order valence-corrected chi connectivity index (χ1v) is 10.4. The lowest BCUT2D eigenvalue weighted by Gasteiger charge is -2.36. The van der Waals surface area contributed by atoms with Crippen molar-refractivity contribution in [1.29, 1.82) is 0 Å². The molecule has 0 atom stereocenters. The van der Waals surface area contributed by atoms with Gasteiger partial charge in [0.15, 0.2) is 0 Å². The highest BCUT2D eigenvalue weighted by molar-refractivity contribution is 6.02. The van der Waals surface area contributed by atoms with Gasteiger partial charge in [-0.15, -0.1) is 0 Å². The summed E-state index contributed by atoms with van der Waals surface area (Å²) in [5.74, 6) is 0.0191. The summed E-state index contributed by atoms with van der Waals surface area (Å²) in [6.45, 7) is 1.19. The van der Waals surface area contributed by atoms with E-state index in [1.54, 1.807) is 0 Å². The summed E-state index contributed by atoms with van der Waals surface area (Å²) in [5.41, 5.74) is 2.27. The molecule has 5 heteroatoms. The number of carbonyl (C=O) groups is 3. The van der Waals surface area contributed by atoms with Crippen LogP contribution in [0.5, 0.6) is 0 Å². The van der Waals surface area contributed by atoms with E-state index in [9.17, 15) is 14.4 Å². The van der Waals surface area contributed by atoms with E-state index in [4.69, 9.17) is 0 Å². The van der Waals surface area contributed by atoms with E-state index in [1.165, 1.54) is 4.90 Å². The van der Waals surface area contributed by atoms with Gasteiger partial charge in [0.2, 0.25) is 17.7 Å². The number of benzene rings is 2. The summed E-state index contributed by atoms with van der Waals surface area (Å²) < 4.78 is 0. The maximum atomic E-state index is 13.1. The van der Waals surface area contributed by atoms with E-state index in [0.717, 1.165) is 11.1 Å². The van der Waals surface area contributed by atoms with E-state index < -0.39 is 0 Å². The maximum Gasteiger partial charge on any atom is 0.229 e. The minimum atomic E-state index is -0.0620. The lowest BCUT2D eigenvalue weighted by atomic mass is 9.88. The number of rotatable bonds is 5. The number of amides is 3. The van der Waals surface area contributed by atoms with Gasteiger partial charge in [-0.1, -0.05) is 60.7 Å². The molecule has 0 saturated carbocycles. The summed E-state index contributed by atoms with van der Waals surface area (Å²) in [6, 6.07) is 20.2. The monoisotopic (exact) mass is 390 g/mol. The number of piperidine rings is 1. The van der Waals surface area contributed by atoms with Crippen LogP contribution in [0.1, 0.15) is 49.1 Å². The Balaban J connectivity index is 1.42. The molecule has 3 amide bonds. The Bertz CT molecular complexity index is 818. The van der Waals surface area contributed by atoms with Crippen molar-refractivity contribution in [2.75, 3.05) is 13.1 Å². The zero-order valence-corrected chi connectivity index (χ0v) is 16.5. The quantitative estimate of drug-likeness (QED) is 0.736. The van der Waals surface area contributed by atoms with Crippen LogP contribution in [0.2, 0.25) is 0 Å². The fourth-order valence-electron chi connectivity index (χ4n) is 4.48. The minimum Gasteiger partial charge on any atom is -0.343 e. The number of likely N-dealkylation sites (tertiary alicyclic amines) is 2. The fraction of sp³-hybridized carbons (Fsp3) is 0.375. The number of carbonyl (C=O) groups excluding carboxylic acids is 3. The zero-order chi connectivity index (χ0) is 20.2. The van der Waals surface area contributed by atoms with E-state index in [2.05, 4.69) is 24.3 Å². The van der Waals surface area contributed by atoms with E-state index in [0.29, 0.717) is 45.2 Å². The molecule has 0 bridgehead atoms. The Morgan fingerprint density at radius 2 is 1.31 bits per heavy atom. The summed E-state index contributed by atoms with van der Waals surface area (Å²) in [4.78, 5) is 40.4. The fourth-order valence-corrected chi connectivity index (χ4v) is 4.48. The van der Waals surface area contributed by atoms with Crippen LogP contribution < -0.4 is 0 Å². The first-order chi connectivity index (χ1) is 14.1. The summed E-state index contributed by atoms with van der Waals surface area (Å²) >= 11 is 0. The first-order valence-electron chi connectivity index (χ1n) is 10.4. The Labute approximate surface area is 171 Å². The molecular weight excluding hydrogens is 364 g/mol. The molecule has 2 aromatic rings. The molecule has 5 nitrogen and oxygen atoms in total. The van der Waals surface area contributed by atoms with E-state index >= 15 is 0 Å². The number of imide groups is 1. The molecule has 0 unspecified atom stereocenters. The molecule has 0 spiro atoms. The van der Waals surface area contributed by atoms with Gasteiger partial charge in [0.25, 0.3) is 0 Å². The largest absolute Gasteiger partial charge is 0.343 e. The van der Waals surface area contributed by atoms with Crippen LogP contribution in [0.15, 0.2) is 60.7 Å². The van der Waals surface area contributed by atoms with Crippen molar-refractivity contribution in [3.05, 3.63) is 71.8 Å². The molecule has 2 fully saturated rings. The normalized spacial score (nSPS) is 18.0. The third-order valence-corrected chi connectivity index (χ3v) is 6.06. The Hall–Kier alpha value is -2.95. The predicted molar refractivity (Wildman–Crippen MR) is 110 cm³/mol. The van der Waals surface area contributed by atoms with Gasteiger partial charge < -0.3 is 4.90 Å². The molecule has 2 aliphatic heterocycles. The molecule has 2 saturated heterocycles. The Kier molecular flexibility index (Phi) is 5.74. The van der Waals surface area contributed by atoms with Crippen molar-refractivity contribution in [2.45, 2.75) is 44.1 Å². The van der Waals surface area contributed by atoms with Crippen molar-refractivity contribution in [2.24, 2.45) is 0 Å². The molecule has 2 aliphatic rings. The van der Waals surface area contributed by atoms with Crippen LogP contribution in [-0.2, 0) is 14.4 Å². The third kappa shape index (κ3) is 4.24. The van der Waals surface area contributed by atoms with Gasteiger partial charge in [0.05, 0.1) is 0 Å². The second-order valence-electron chi connectivity index (χ2n) is 7.85. The molecule has 2 heterocycles. The average Bonchev–Trinajstić information content (AvgIpc) is 3.11. The Morgan fingerprint density at radius 3 is 1.79 bits per heavy atom. The summed E-state index contributed by atoms with van der Waals surface area (Å²) in [5, 5.41) is 0. The molecule has 4 rings (SSSR count). The van der Waals surface area contributed by atoms with Gasteiger partial charge in [-0.25, -0.2) is 0 Å². The second-order valence-corrected chi connectivity index (χ2v) is 7.85. The van der Waals surface area contributed by atoms with Gasteiger partial charge >= 0.3 is 0 Å². The zero-order valence-electron chi connectivity index (χ0n) is 16.5. The van der Waals surface area contributed by atoms with E-state index in [1.807, 2.05) is 41.3 Å². The Morgan fingerprint density at radius 1 is 0.828 bits per heavy atom. The molecule has 29 heavy (non-hydrogen) atoms. The lowest BCUT2D eigenvalue weighted by molar-refractivity contribution is -0.142. The van der Waals surface area contributed by atoms with Gasteiger partial charge in [-0.2, -0.15) is 0 Å². The molecule has 0 aromatic heterocycles. The topological polar surface area (TPSA) is 57.7 Å². The molecule has 2 aromatic carbocycles. The minimum absolute atomic E-state index is 0.0179. The molecule has 0 radical (unpaired) electrons.